The predicted octanol–water partition coefficient (Wildman–Crippen LogP) is 1.79. The van der Waals surface area contributed by atoms with Crippen LogP contribution in [-0.4, -0.2) is 47.3 Å². The van der Waals surface area contributed by atoms with Gasteiger partial charge in [-0.15, -0.1) is 0 Å². The first-order valence-electron chi connectivity index (χ1n) is 9.66. The summed E-state index contributed by atoms with van der Waals surface area (Å²) in [5.74, 6) is 1.78. The Hall–Kier alpha value is -3.72. The second-order valence-corrected chi connectivity index (χ2v) is 6.92. The van der Waals surface area contributed by atoms with Crippen LogP contribution >= 0.6 is 0 Å². The van der Waals surface area contributed by atoms with E-state index in [9.17, 15) is 4.79 Å². The van der Waals surface area contributed by atoms with Crippen LogP contribution in [0.2, 0.25) is 0 Å². The van der Waals surface area contributed by atoms with Crippen LogP contribution in [-0.2, 0) is 11.3 Å². The summed E-state index contributed by atoms with van der Waals surface area (Å²) < 4.78 is 5.45. The summed E-state index contributed by atoms with van der Waals surface area (Å²) in [6, 6.07) is 14.6. The molecule has 0 aliphatic carbocycles. The molecule has 0 bridgehead atoms. The van der Waals surface area contributed by atoms with Gasteiger partial charge in [0, 0.05) is 36.4 Å². The number of hydrogen-bond donors (Lipinski definition) is 3. The number of nitrogens with zero attached hydrogens (tertiary/aromatic N) is 4. The zero-order chi connectivity index (χ0) is 20.9. The van der Waals surface area contributed by atoms with E-state index < -0.39 is 6.03 Å². The minimum Gasteiger partial charge on any atom is -0.399 e. The molecule has 154 valence electrons. The molecular formula is C21H23N7O2. The summed E-state index contributed by atoms with van der Waals surface area (Å²) in [7, 11) is 0. The van der Waals surface area contributed by atoms with E-state index in [1.54, 1.807) is 0 Å². The molecule has 1 aromatic heterocycles. The molecule has 3 aromatic rings. The first-order valence-corrected chi connectivity index (χ1v) is 9.66. The van der Waals surface area contributed by atoms with Gasteiger partial charge < -0.3 is 26.4 Å². The molecule has 1 fully saturated rings. The Labute approximate surface area is 174 Å². The quantitative estimate of drug-likeness (QED) is 0.551. The molecule has 0 saturated carbocycles. The molecule has 4 rings (SSSR count). The molecule has 9 nitrogen and oxygen atoms in total. The van der Waals surface area contributed by atoms with Gasteiger partial charge in [0.2, 0.25) is 5.95 Å². The van der Waals surface area contributed by atoms with Crippen molar-refractivity contribution in [3.63, 3.8) is 0 Å². The highest BCUT2D eigenvalue weighted by Crippen LogP contribution is 2.24. The summed E-state index contributed by atoms with van der Waals surface area (Å²) in [5, 5.41) is 2.58. The summed E-state index contributed by atoms with van der Waals surface area (Å²) in [6.07, 6.45) is 0. The highest BCUT2D eigenvalue weighted by Gasteiger charge is 2.18. The van der Waals surface area contributed by atoms with Crippen molar-refractivity contribution < 1.29 is 9.53 Å². The van der Waals surface area contributed by atoms with Crippen LogP contribution in [0.15, 0.2) is 48.5 Å². The van der Waals surface area contributed by atoms with Gasteiger partial charge in [-0.2, -0.15) is 9.97 Å². The first-order chi connectivity index (χ1) is 14.6. The number of amides is 2. The van der Waals surface area contributed by atoms with Crippen molar-refractivity contribution in [1.29, 1.82) is 0 Å². The van der Waals surface area contributed by atoms with Gasteiger partial charge in [0.1, 0.15) is 0 Å². The summed E-state index contributed by atoms with van der Waals surface area (Å²) in [4.78, 5) is 27.1. The van der Waals surface area contributed by atoms with Crippen LogP contribution in [0.3, 0.4) is 0 Å². The maximum Gasteiger partial charge on any atom is 0.312 e. The molecule has 0 atom stereocenters. The molecule has 0 radical (unpaired) electrons. The number of rotatable bonds is 5. The average molecular weight is 405 g/mol. The third kappa shape index (κ3) is 4.64. The zero-order valence-corrected chi connectivity index (χ0v) is 16.4. The Morgan fingerprint density at radius 3 is 2.07 bits per heavy atom. The number of nitrogens with two attached hydrogens (primary N) is 2. The number of primary amides is 1. The number of anilines is 2. The maximum absolute atomic E-state index is 10.9. The maximum atomic E-state index is 10.9. The fraction of sp³-hybridized carbons (Fsp3) is 0.238. The first kappa shape index (κ1) is 19.6. The predicted molar refractivity (Wildman–Crippen MR) is 115 cm³/mol. The normalized spacial score (nSPS) is 13.8. The number of carbonyl (C=O) groups excluding carboxylic acids is 1. The monoisotopic (exact) mass is 405 g/mol. The van der Waals surface area contributed by atoms with Crippen molar-refractivity contribution in [2.75, 3.05) is 36.9 Å². The minimum absolute atomic E-state index is 0.364. The van der Waals surface area contributed by atoms with Crippen molar-refractivity contribution in [2.24, 2.45) is 5.73 Å². The number of benzene rings is 2. The molecule has 1 aliphatic heterocycles. The van der Waals surface area contributed by atoms with Crippen molar-refractivity contribution in [3.05, 3.63) is 54.1 Å². The summed E-state index contributed by atoms with van der Waals surface area (Å²) in [5.41, 5.74) is 14.3. The van der Waals surface area contributed by atoms with Gasteiger partial charge in [-0.1, -0.05) is 24.3 Å². The van der Waals surface area contributed by atoms with Crippen molar-refractivity contribution in [1.82, 2.24) is 20.3 Å². The van der Waals surface area contributed by atoms with Gasteiger partial charge in [0.15, 0.2) is 11.6 Å². The fourth-order valence-corrected chi connectivity index (χ4v) is 3.12. The number of ether oxygens (including phenoxy) is 1. The van der Waals surface area contributed by atoms with E-state index in [2.05, 4.69) is 10.2 Å². The second-order valence-electron chi connectivity index (χ2n) is 6.92. The molecule has 30 heavy (non-hydrogen) atoms. The Bertz CT molecular complexity index is 1020. The molecule has 1 aliphatic rings. The number of morpholine rings is 1. The number of carbonyl (C=O) groups is 1. The van der Waals surface area contributed by atoms with Crippen LogP contribution < -0.4 is 21.7 Å². The number of nitrogens with one attached hydrogen (secondary N) is 1. The third-order valence-corrected chi connectivity index (χ3v) is 4.77. The molecule has 2 heterocycles. The second kappa shape index (κ2) is 8.75. The van der Waals surface area contributed by atoms with Crippen LogP contribution in [0.5, 0.6) is 0 Å². The van der Waals surface area contributed by atoms with E-state index in [1.165, 1.54) is 0 Å². The van der Waals surface area contributed by atoms with Crippen LogP contribution in [0.4, 0.5) is 16.4 Å². The van der Waals surface area contributed by atoms with Gasteiger partial charge in [0.05, 0.1) is 13.2 Å². The smallest absolute Gasteiger partial charge is 0.312 e. The van der Waals surface area contributed by atoms with Crippen LogP contribution in [0.1, 0.15) is 5.56 Å². The SMILES string of the molecule is NC(=O)NCc1ccc(-c2nc(-c3ccc(N)cc3)nc(N3CCOCC3)n2)cc1. The molecular weight excluding hydrogens is 382 g/mol. The van der Waals surface area contributed by atoms with Gasteiger partial charge in [-0.3, -0.25) is 0 Å². The fourth-order valence-electron chi connectivity index (χ4n) is 3.12. The Balaban J connectivity index is 1.69. The number of aromatic nitrogens is 3. The lowest BCUT2D eigenvalue weighted by Gasteiger charge is -2.27. The third-order valence-electron chi connectivity index (χ3n) is 4.77. The Morgan fingerprint density at radius 1 is 0.933 bits per heavy atom. The topological polar surface area (TPSA) is 132 Å². The molecule has 2 aromatic carbocycles. The lowest BCUT2D eigenvalue weighted by Crippen LogP contribution is -2.37. The highest BCUT2D eigenvalue weighted by atomic mass is 16.5. The molecule has 1 saturated heterocycles. The summed E-state index contributed by atoms with van der Waals surface area (Å²) >= 11 is 0. The van der Waals surface area contributed by atoms with Crippen molar-refractivity contribution in [3.8, 4) is 22.8 Å². The molecule has 5 N–H and O–H groups in total. The van der Waals surface area contributed by atoms with Crippen LogP contribution in [0.25, 0.3) is 22.8 Å². The molecule has 9 heteroatoms. The largest absolute Gasteiger partial charge is 0.399 e. The average Bonchev–Trinajstić information content (AvgIpc) is 2.79. The lowest BCUT2D eigenvalue weighted by molar-refractivity contribution is 0.122. The van der Waals surface area contributed by atoms with E-state index >= 15 is 0 Å². The van der Waals surface area contributed by atoms with E-state index in [-0.39, 0.29) is 0 Å². The molecule has 2 amide bonds. The van der Waals surface area contributed by atoms with Gasteiger partial charge >= 0.3 is 6.03 Å². The summed E-state index contributed by atoms with van der Waals surface area (Å²) in [6.45, 7) is 3.09. The Morgan fingerprint density at radius 2 is 1.50 bits per heavy atom. The molecule has 0 spiro atoms. The van der Waals surface area contributed by atoms with Crippen molar-refractivity contribution in [2.45, 2.75) is 6.54 Å². The highest BCUT2D eigenvalue weighted by molar-refractivity contribution is 5.71. The van der Waals surface area contributed by atoms with E-state index in [0.717, 1.165) is 29.8 Å². The molecule has 0 unspecified atom stereocenters. The zero-order valence-electron chi connectivity index (χ0n) is 16.4. The minimum atomic E-state index is -0.556. The van der Waals surface area contributed by atoms with Crippen LogP contribution in [0, 0.1) is 0 Å². The van der Waals surface area contributed by atoms with Crippen molar-refractivity contribution >= 4 is 17.7 Å². The van der Waals surface area contributed by atoms with E-state index in [4.69, 9.17) is 31.2 Å². The lowest BCUT2D eigenvalue weighted by atomic mass is 10.1. The number of hydrogen-bond acceptors (Lipinski definition) is 7. The van der Waals surface area contributed by atoms with E-state index in [1.807, 2.05) is 48.5 Å². The van der Waals surface area contributed by atoms with E-state index in [0.29, 0.717) is 43.0 Å². The number of urea groups is 1. The Kier molecular flexibility index (Phi) is 5.71. The number of nitrogen functional groups attached to an aromatic ring is 1. The van der Waals surface area contributed by atoms with Gasteiger partial charge in [-0.05, 0) is 29.8 Å². The standard InChI is InChI=1S/C21H23N7O2/c22-17-7-5-16(6-8-17)19-25-18(26-21(27-19)28-9-11-30-12-10-28)15-3-1-14(2-4-15)13-24-20(23)29/h1-8H,9-13,22H2,(H3,23,24,29). The van der Waals surface area contributed by atoms with Gasteiger partial charge in [0.25, 0.3) is 0 Å². The van der Waals surface area contributed by atoms with Gasteiger partial charge in [-0.25, -0.2) is 9.78 Å².